The van der Waals surface area contributed by atoms with Crippen LogP contribution in [0.15, 0.2) is 60.7 Å². The van der Waals surface area contributed by atoms with Crippen LogP contribution >= 0.6 is 0 Å². The first-order valence-corrected chi connectivity index (χ1v) is 8.03. The van der Waals surface area contributed by atoms with Gasteiger partial charge in [-0.05, 0) is 11.1 Å². The molecule has 7 heteroatoms. The number of carboxylic acids is 1. The molecule has 0 aromatic heterocycles. The fourth-order valence-corrected chi connectivity index (χ4v) is 2.28. The zero-order chi connectivity index (χ0) is 18.8. The van der Waals surface area contributed by atoms with Gasteiger partial charge in [-0.3, -0.25) is 4.79 Å². The van der Waals surface area contributed by atoms with E-state index in [0.717, 1.165) is 5.56 Å². The van der Waals surface area contributed by atoms with Gasteiger partial charge in [-0.2, -0.15) is 0 Å². The normalized spacial score (nSPS) is 11.2. The number of alkyl carbamates (subject to hydrolysis) is 1. The number of carbonyl (C=O) groups is 3. The first-order valence-electron chi connectivity index (χ1n) is 8.03. The topological polar surface area (TPSA) is 108 Å². The van der Waals surface area contributed by atoms with Crippen LogP contribution in [0, 0.1) is 0 Å². The average Bonchev–Trinajstić information content (AvgIpc) is 2.65. The quantitative estimate of drug-likeness (QED) is 0.732. The maximum atomic E-state index is 12.0. The first kappa shape index (κ1) is 19.0. The van der Waals surface area contributed by atoms with Crippen LogP contribution in [0.25, 0.3) is 0 Å². The van der Waals surface area contributed by atoms with E-state index in [1.165, 1.54) is 0 Å². The molecule has 2 N–H and O–H groups in total. The Bertz CT molecular complexity index is 734. The maximum Gasteiger partial charge on any atom is 0.407 e. The smallest absolute Gasteiger partial charge is 0.407 e. The molecule has 1 atom stereocenters. The molecule has 0 saturated carbocycles. The van der Waals surface area contributed by atoms with E-state index in [0.29, 0.717) is 5.56 Å². The second-order valence-electron chi connectivity index (χ2n) is 5.52. The molecular formula is C19H19N2O5-. The number of carboxylic acid groups (broad SMARTS) is 1. The summed E-state index contributed by atoms with van der Waals surface area (Å²) in [5.74, 6) is -1.81. The SMILES string of the molecule is O=C([O-])CC(NC(=O)CNC(=O)OCc1ccccc1)c1ccccc1. The lowest BCUT2D eigenvalue weighted by Gasteiger charge is -2.20. The van der Waals surface area contributed by atoms with Crippen LogP contribution in [0.4, 0.5) is 4.79 Å². The van der Waals surface area contributed by atoms with Crippen molar-refractivity contribution >= 4 is 18.0 Å². The molecule has 2 aromatic carbocycles. The number of nitrogens with one attached hydrogen (secondary N) is 2. The van der Waals surface area contributed by atoms with Gasteiger partial charge in [-0.1, -0.05) is 60.7 Å². The summed E-state index contributed by atoms with van der Waals surface area (Å²) in [6.07, 6.45) is -1.10. The lowest BCUT2D eigenvalue weighted by molar-refractivity contribution is -0.306. The van der Waals surface area contributed by atoms with Crippen molar-refractivity contribution in [2.75, 3.05) is 6.54 Å². The molecule has 1 unspecified atom stereocenters. The van der Waals surface area contributed by atoms with E-state index in [9.17, 15) is 19.5 Å². The highest BCUT2D eigenvalue weighted by molar-refractivity contribution is 5.83. The van der Waals surface area contributed by atoms with E-state index in [2.05, 4.69) is 10.6 Å². The van der Waals surface area contributed by atoms with Crippen molar-refractivity contribution in [1.82, 2.24) is 10.6 Å². The van der Waals surface area contributed by atoms with Crippen LogP contribution in [0.3, 0.4) is 0 Å². The number of benzene rings is 2. The van der Waals surface area contributed by atoms with Crippen LogP contribution in [-0.4, -0.2) is 24.5 Å². The van der Waals surface area contributed by atoms with Gasteiger partial charge >= 0.3 is 6.09 Å². The molecule has 2 aromatic rings. The molecule has 0 aliphatic carbocycles. The van der Waals surface area contributed by atoms with Gasteiger partial charge in [-0.25, -0.2) is 4.79 Å². The Morgan fingerprint density at radius 3 is 2.19 bits per heavy atom. The minimum absolute atomic E-state index is 0.0889. The third kappa shape index (κ3) is 6.64. The van der Waals surface area contributed by atoms with Crippen molar-refractivity contribution in [3.8, 4) is 0 Å². The highest BCUT2D eigenvalue weighted by atomic mass is 16.5. The van der Waals surface area contributed by atoms with E-state index < -0.39 is 24.0 Å². The van der Waals surface area contributed by atoms with Gasteiger partial charge in [0.05, 0.1) is 6.04 Å². The molecule has 26 heavy (non-hydrogen) atoms. The monoisotopic (exact) mass is 355 g/mol. The molecule has 7 nitrogen and oxygen atoms in total. The van der Waals surface area contributed by atoms with Crippen LogP contribution in [0.2, 0.25) is 0 Å². The lowest BCUT2D eigenvalue weighted by atomic mass is 10.0. The Labute approximate surface area is 151 Å². The molecule has 0 spiro atoms. The van der Waals surface area contributed by atoms with E-state index in [1.54, 1.807) is 30.3 Å². The second kappa shape index (κ2) is 9.83. The van der Waals surface area contributed by atoms with Gasteiger partial charge in [0, 0.05) is 12.4 Å². The molecule has 2 rings (SSSR count). The van der Waals surface area contributed by atoms with Crippen molar-refractivity contribution < 1.29 is 24.2 Å². The third-order valence-corrected chi connectivity index (χ3v) is 3.51. The molecule has 0 fully saturated rings. The van der Waals surface area contributed by atoms with Gasteiger partial charge in [0.25, 0.3) is 0 Å². The zero-order valence-corrected chi connectivity index (χ0v) is 14.0. The number of hydrogen-bond donors (Lipinski definition) is 2. The van der Waals surface area contributed by atoms with Crippen LogP contribution < -0.4 is 15.7 Å². The molecule has 0 heterocycles. The fourth-order valence-electron chi connectivity index (χ4n) is 2.28. The van der Waals surface area contributed by atoms with Crippen molar-refractivity contribution in [1.29, 1.82) is 0 Å². The van der Waals surface area contributed by atoms with E-state index in [4.69, 9.17) is 4.74 Å². The molecule has 0 saturated heterocycles. The summed E-state index contributed by atoms with van der Waals surface area (Å²) in [7, 11) is 0. The molecule has 0 bridgehead atoms. The Morgan fingerprint density at radius 1 is 0.962 bits per heavy atom. The van der Waals surface area contributed by atoms with Crippen molar-refractivity contribution in [3.05, 3.63) is 71.8 Å². The Morgan fingerprint density at radius 2 is 1.58 bits per heavy atom. The summed E-state index contributed by atoms with van der Waals surface area (Å²) in [4.78, 5) is 34.5. The minimum Gasteiger partial charge on any atom is -0.550 e. The average molecular weight is 355 g/mol. The Balaban J connectivity index is 1.80. The zero-order valence-electron chi connectivity index (χ0n) is 14.0. The standard InChI is InChI=1S/C19H20N2O5/c22-17(12-20-19(25)26-13-14-7-3-1-4-8-14)21-16(11-18(23)24)15-9-5-2-6-10-15/h1-10,16H,11-13H2,(H,20,25)(H,21,22)(H,23,24)/p-1. The molecule has 2 amide bonds. The maximum absolute atomic E-state index is 12.0. The molecule has 136 valence electrons. The summed E-state index contributed by atoms with van der Waals surface area (Å²) >= 11 is 0. The molecule has 0 aliphatic heterocycles. The summed E-state index contributed by atoms with van der Waals surface area (Å²) in [6, 6.07) is 17.0. The predicted molar refractivity (Wildman–Crippen MR) is 91.6 cm³/mol. The van der Waals surface area contributed by atoms with E-state index in [-0.39, 0.29) is 19.6 Å². The second-order valence-corrected chi connectivity index (χ2v) is 5.52. The highest BCUT2D eigenvalue weighted by Gasteiger charge is 2.15. The Kier molecular flexibility index (Phi) is 7.17. The van der Waals surface area contributed by atoms with Gasteiger partial charge in [0.2, 0.25) is 5.91 Å². The first-order chi connectivity index (χ1) is 12.5. The summed E-state index contributed by atoms with van der Waals surface area (Å²) in [5.41, 5.74) is 1.46. The van der Waals surface area contributed by atoms with Crippen LogP contribution in [0.5, 0.6) is 0 Å². The number of ether oxygens (including phenoxy) is 1. The lowest BCUT2D eigenvalue weighted by Crippen LogP contribution is -2.40. The van der Waals surface area contributed by atoms with E-state index >= 15 is 0 Å². The minimum atomic E-state index is -1.28. The molecule has 0 aliphatic rings. The van der Waals surface area contributed by atoms with Crippen LogP contribution in [-0.2, 0) is 20.9 Å². The van der Waals surface area contributed by atoms with Crippen molar-refractivity contribution in [2.45, 2.75) is 19.1 Å². The molecule has 0 radical (unpaired) electrons. The van der Waals surface area contributed by atoms with Crippen molar-refractivity contribution in [3.63, 3.8) is 0 Å². The number of carbonyl (C=O) groups excluding carboxylic acids is 3. The number of hydrogen-bond acceptors (Lipinski definition) is 5. The fraction of sp³-hybridized carbons (Fsp3) is 0.211. The van der Waals surface area contributed by atoms with Gasteiger partial charge in [-0.15, -0.1) is 0 Å². The largest absolute Gasteiger partial charge is 0.550 e. The van der Waals surface area contributed by atoms with Gasteiger partial charge in [0.1, 0.15) is 13.2 Å². The highest BCUT2D eigenvalue weighted by Crippen LogP contribution is 2.15. The van der Waals surface area contributed by atoms with Gasteiger partial charge < -0.3 is 25.3 Å². The summed E-state index contributed by atoms with van der Waals surface area (Å²) in [6.45, 7) is -0.240. The van der Waals surface area contributed by atoms with Gasteiger partial charge in [0.15, 0.2) is 0 Å². The Hall–Kier alpha value is -3.35. The van der Waals surface area contributed by atoms with Crippen molar-refractivity contribution in [2.24, 2.45) is 0 Å². The number of amides is 2. The van der Waals surface area contributed by atoms with E-state index in [1.807, 2.05) is 30.3 Å². The summed E-state index contributed by atoms with van der Waals surface area (Å²) < 4.78 is 5.00. The molecular weight excluding hydrogens is 336 g/mol. The predicted octanol–water partition coefficient (Wildman–Crippen LogP) is 0.910. The summed E-state index contributed by atoms with van der Waals surface area (Å²) in [5, 5.41) is 15.8. The third-order valence-electron chi connectivity index (χ3n) is 3.51. The number of aliphatic carboxylic acids is 1. The number of rotatable bonds is 8. The van der Waals surface area contributed by atoms with Crippen LogP contribution in [0.1, 0.15) is 23.6 Å².